The van der Waals surface area contributed by atoms with Gasteiger partial charge in [-0.3, -0.25) is 14.4 Å². The van der Waals surface area contributed by atoms with Gasteiger partial charge in [-0.15, -0.1) is 11.3 Å². The number of rotatable bonds is 7. The van der Waals surface area contributed by atoms with Crippen LogP contribution >= 0.6 is 27.3 Å². The lowest BCUT2D eigenvalue weighted by molar-refractivity contribution is -0.135. The Morgan fingerprint density at radius 1 is 1.19 bits per heavy atom. The lowest BCUT2D eigenvalue weighted by Crippen LogP contribution is -2.44. The highest BCUT2D eigenvalue weighted by Crippen LogP contribution is 2.72. The monoisotopic (exact) mass is 452 g/mol. The van der Waals surface area contributed by atoms with E-state index in [4.69, 9.17) is 5.73 Å². The summed E-state index contributed by atoms with van der Waals surface area (Å²) >= 11 is 4.79. The summed E-state index contributed by atoms with van der Waals surface area (Å²) in [4.78, 5) is 41.8. The van der Waals surface area contributed by atoms with E-state index in [1.54, 1.807) is 6.20 Å². The fourth-order valence-electron chi connectivity index (χ4n) is 4.79. The molecule has 3 aliphatic rings. The first kappa shape index (κ1) is 18.6. The largest absolute Gasteiger partial charge is 0.370 e. The third kappa shape index (κ3) is 3.31. The maximum absolute atomic E-state index is 13.0. The molecule has 1 aromatic rings. The summed E-state index contributed by atoms with van der Waals surface area (Å²) in [5.41, 5.74) is 5.23. The molecule has 9 heteroatoms. The molecule has 1 heterocycles. The van der Waals surface area contributed by atoms with Crippen molar-refractivity contribution in [1.82, 2.24) is 15.6 Å². The molecule has 0 aromatic carbocycles. The van der Waals surface area contributed by atoms with Gasteiger partial charge in [0.1, 0.15) is 0 Å². The number of carbonyl (C=O) groups is 3. The predicted molar refractivity (Wildman–Crippen MR) is 103 cm³/mol. The molecule has 144 valence electrons. The number of nitrogens with two attached hydrogens (primary N) is 1. The summed E-state index contributed by atoms with van der Waals surface area (Å²) in [5, 5.41) is 5.79. The second kappa shape index (κ2) is 7.01. The van der Waals surface area contributed by atoms with Crippen LogP contribution in [0.2, 0.25) is 0 Å². The SMILES string of the molecule is NC(=O)CCNC(=O)[C@H]1[C@H](C(=O)NCc2cnc(Br)s2)[C@@H]2C=C[C@H]1C21CC1. The van der Waals surface area contributed by atoms with Crippen molar-refractivity contribution < 1.29 is 14.4 Å². The van der Waals surface area contributed by atoms with Gasteiger partial charge in [0, 0.05) is 24.0 Å². The van der Waals surface area contributed by atoms with E-state index >= 15 is 0 Å². The number of hydrogen-bond donors (Lipinski definition) is 3. The molecule has 4 atom stereocenters. The van der Waals surface area contributed by atoms with Gasteiger partial charge >= 0.3 is 0 Å². The van der Waals surface area contributed by atoms with Crippen LogP contribution in [0.3, 0.4) is 0 Å². The van der Waals surface area contributed by atoms with E-state index in [-0.39, 0.29) is 53.9 Å². The Balaban J connectivity index is 1.46. The Morgan fingerprint density at radius 2 is 1.81 bits per heavy atom. The van der Waals surface area contributed by atoms with Gasteiger partial charge in [0.2, 0.25) is 17.7 Å². The second-order valence-corrected chi connectivity index (χ2v) is 9.92. The molecule has 4 rings (SSSR count). The predicted octanol–water partition coefficient (Wildman–Crippen LogP) is 1.34. The smallest absolute Gasteiger partial charge is 0.224 e. The van der Waals surface area contributed by atoms with E-state index in [1.165, 1.54) is 11.3 Å². The van der Waals surface area contributed by atoms with Crippen molar-refractivity contribution in [2.75, 3.05) is 6.54 Å². The molecule has 2 fully saturated rings. The van der Waals surface area contributed by atoms with Crippen LogP contribution in [0.5, 0.6) is 0 Å². The van der Waals surface area contributed by atoms with Crippen LogP contribution in [0.1, 0.15) is 24.1 Å². The highest BCUT2D eigenvalue weighted by Gasteiger charge is 2.69. The fraction of sp³-hybridized carbons (Fsp3) is 0.556. The highest BCUT2D eigenvalue weighted by molar-refractivity contribution is 9.11. The van der Waals surface area contributed by atoms with Crippen molar-refractivity contribution in [2.45, 2.75) is 25.8 Å². The zero-order valence-electron chi connectivity index (χ0n) is 14.6. The van der Waals surface area contributed by atoms with Crippen molar-refractivity contribution in [3.8, 4) is 0 Å². The number of allylic oxidation sites excluding steroid dienone is 2. The van der Waals surface area contributed by atoms with Gasteiger partial charge in [0.05, 0.1) is 18.4 Å². The molecule has 0 saturated heterocycles. The normalized spacial score (nSPS) is 29.1. The van der Waals surface area contributed by atoms with Crippen molar-refractivity contribution in [2.24, 2.45) is 34.8 Å². The highest BCUT2D eigenvalue weighted by atomic mass is 79.9. The van der Waals surface area contributed by atoms with Crippen LogP contribution in [0.25, 0.3) is 0 Å². The molecule has 3 aliphatic carbocycles. The lowest BCUT2D eigenvalue weighted by atomic mass is 9.81. The zero-order chi connectivity index (χ0) is 19.2. The molecular formula is C18H21BrN4O3S. The Morgan fingerprint density at radius 3 is 2.33 bits per heavy atom. The molecule has 0 radical (unpaired) electrons. The standard InChI is InChI=1S/C18H21BrN4O3S/c19-17-23-8-9(27-17)7-22-16(26)14-11-2-1-10(18(11)4-5-18)13(14)15(25)21-6-3-12(20)24/h1-2,8,10-11,13-14H,3-7H2,(H2,20,24)(H,21,25)(H,22,26)/t10-,11+,13-,14-/m1/s1. The van der Waals surface area contributed by atoms with Gasteiger partial charge in [-0.25, -0.2) is 4.98 Å². The first-order chi connectivity index (χ1) is 12.9. The van der Waals surface area contributed by atoms with Crippen LogP contribution in [-0.2, 0) is 20.9 Å². The third-order valence-corrected chi connectivity index (χ3v) is 7.56. The maximum atomic E-state index is 13.0. The Labute approximate surface area is 169 Å². The number of primary amides is 1. The zero-order valence-corrected chi connectivity index (χ0v) is 17.0. The minimum atomic E-state index is -0.452. The average Bonchev–Trinajstić information content (AvgIpc) is 3.10. The van der Waals surface area contributed by atoms with E-state index in [0.29, 0.717) is 6.54 Å². The molecule has 3 amide bonds. The molecule has 1 aromatic heterocycles. The molecule has 2 bridgehead atoms. The average molecular weight is 453 g/mol. The molecule has 1 spiro atoms. The van der Waals surface area contributed by atoms with Gasteiger partial charge < -0.3 is 16.4 Å². The van der Waals surface area contributed by atoms with Gasteiger partial charge in [-0.1, -0.05) is 12.2 Å². The number of nitrogens with one attached hydrogen (secondary N) is 2. The van der Waals surface area contributed by atoms with Crippen molar-refractivity contribution in [3.05, 3.63) is 27.1 Å². The second-order valence-electron chi connectivity index (χ2n) is 7.53. The third-order valence-electron chi connectivity index (χ3n) is 6.08. The summed E-state index contributed by atoms with van der Waals surface area (Å²) in [6.07, 6.45) is 8.19. The molecule has 4 N–H and O–H groups in total. The molecule has 27 heavy (non-hydrogen) atoms. The number of hydrogen-bond acceptors (Lipinski definition) is 5. The van der Waals surface area contributed by atoms with Crippen LogP contribution in [0.15, 0.2) is 22.3 Å². The quantitative estimate of drug-likeness (QED) is 0.541. The van der Waals surface area contributed by atoms with Crippen LogP contribution in [-0.4, -0.2) is 29.3 Å². The van der Waals surface area contributed by atoms with Gasteiger partial charge in [0.25, 0.3) is 0 Å². The van der Waals surface area contributed by atoms with Crippen LogP contribution in [0, 0.1) is 29.1 Å². The summed E-state index contributed by atoms with van der Waals surface area (Å²) in [6, 6.07) is 0. The number of carbonyl (C=O) groups excluding carboxylic acids is 3. The molecule has 7 nitrogen and oxygen atoms in total. The van der Waals surface area contributed by atoms with E-state index in [9.17, 15) is 14.4 Å². The first-order valence-corrected chi connectivity index (χ1v) is 10.7. The van der Waals surface area contributed by atoms with Gasteiger partial charge in [-0.05, 0) is 46.0 Å². The van der Waals surface area contributed by atoms with E-state index in [2.05, 4.69) is 43.7 Å². The molecule has 2 saturated carbocycles. The van der Waals surface area contributed by atoms with E-state index in [0.717, 1.165) is 21.6 Å². The van der Waals surface area contributed by atoms with E-state index in [1.807, 2.05) is 0 Å². The molecule has 0 unspecified atom stereocenters. The number of amides is 3. The van der Waals surface area contributed by atoms with Crippen LogP contribution in [0.4, 0.5) is 0 Å². The van der Waals surface area contributed by atoms with Crippen molar-refractivity contribution in [1.29, 1.82) is 0 Å². The number of nitrogens with zero attached hydrogens (tertiary/aromatic N) is 1. The van der Waals surface area contributed by atoms with Crippen molar-refractivity contribution >= 4 is 45.0 Å². The first-order valence-electron chi connectivity index (χ1n) is 9.04. The summed E-state index contributed by atoms with van der Waals surface area (Å²) in [5.74, 6) is -1.23. The summed E-state index contributed by atoms with van der Waals surface area (Å²) in [6.45, 7) is 0.616. The topological polar surface area (TPSA) is 114 Å². The maximum Gasteiger partial charge on any atom is 0.224 e. The van der Waals surface area contributed by atoms with Crippen molar-refractivity contribution in [3.63, 3.8) is 0 Å². The lowest BCUT2D eigenvalue weighted by Gasteiger charge is -2.26. The molecular weight excluding hydrogens is 432 g/mol. The van der Waals surface area contributed by atoms with Crippen LogP contribution < -0.4 is 16.4 Å². The number of halogens is 1. The van der Waals surface area contributed by atoms with Gasteiger partial charge in [-0.2, -0.15) is 0 Å². The summed E-state index contributed by atoms with van der Waals surface area (Å²) in [7, 11) is 0. The fourth-order valence-corrected chi connectivity index (χ4v) is 6.09. The Bertz CT molecular complexity index is 819. The minimum absolute atomic E-state index is 0.0845. The van der Waals surface area contributed by atoms with Gasteiger partial charge in [0.15, 0.2) is 3.92 Å². The number of aromatic nitrogens is 1. The minimum Gasteiger partial charge on any atom is -0.370 e. The number of thiazole rings is 1. The van der Waals surface area contributed by atoms with E-state index < -0.39 is 5.91 Å². The summed E-state index contributed by atoms with van der Waals surface area (Å²) < 4.78 is 0.776. The Kier molecular flexibility index (Phi) is 4.84. The molecule has 0 aliphatic heterocycles. The Hall–Kier alpha value is -1.74.